The Morgan fingerprint density at radius 2 is 2.00 bits per heavy atom. The number of hydrogen-bond donors (Lipinski definition) is 0. The molecule has 0 radical (unpaired) electrons. The van der Waals surface area contributed by atoms with E-state index in [-0.39, 0.29) is 0 Å². The zero-order valence-corrected chi connectivity index (χ0v) is 6.75. The van der Waals surface area contributed by atoms with E-state index < -0.39 is 0 Å². The van der Waals surface area contributed by atoms with Gasteiger partial charge >= 0.3 is 0 Å². The van der Waals surface area contributed by atoms with E-state index in [4.69, 9.17) is 5.53 Å². The van der Waals surface area contributed by atoms with Crippen LogP contribution in [-0.4, -0.2) is 4.98 Å². The van der Waals surface area contributed by atoms with Crippen LogP contribution in [0.1, 0.15) is 0 Å². The van der Waals surface area contributed by atoms with Crippen LogP contribution in [0.2, 0.25) is 0 Å². The molecule has 0 N–H and O–H groups in total. The number of pyridine rings is 1. The third kappa shape index (κ3) is 1.43. The van der Waals surface area contributed by atoms with Gasteiger partial charge in [0, 0.05) is 10.3 Å². The van der Waals surface area contributed by atoms with Crippen molar-refractivity contribution in [3.63, 3.8) is 0 Å². The van der Waals surface area contributed by atoms with Crippen LogP contribution in [0.4, 0.5) is 5.82 Å². The molecule has 1 heterocycles. The van der Waals surface area contributed by atoms with Crippen LogP contribution in [0, 0.1) is 0 Å². The van der Waals surface area contributed by atoms with Crippen LogP contribution in [-0.2, 0) is 0 Å². The largest absolute Gasteiger partial charge is 0.246 e. The Labute approximate surface area is 74.5 Å². The molecule has 0 amide bonds. The summed E-state index contributed by atoms with van der Waals surface area (Å²) in [4.78, 5) is 6.82. The first-order valence-corrected chi connectivity index (χ1v) is 3.81. The van der Waals surface area contributed by atoms with E-state index in [2.05, 4.69) is 15.0 Å². The van der Waals surface area contributed by atoms with E-state index in [1.165, 1.54) is 0 Å². The van der Waals surface area contributed by atoms with Crippen LogP contribution in [0.25, 0.3) is 21.3 Å². The molecule has 0 saturated heterocycles. The Morgan fingerprint density at radius 1 is 1.15 bits per heavy atom. The first kappa shape index (κ1) is 7.58. The van der Waals surface area contributed by atoms with Gasteiger partial charge in [-0.25, -0.2) is 4.98 Å². The molecule has 2 rings (SSSR count). The van der Waals surface area contributed by atoms with Crippen molar-refractivity contribution in [3.05, 3.63) is 46.8 Å². The van der Waals surface area contributed by atoms with Gasteiger partial charge in [0.25, 0.3) is 0 Å². The molecule has 1 aromatic heterocycles. The summed E-state index contributed by atoms with van der Waals surface area (Å²) in [6.07, 6.45) is 0. The summed E-state index contributed by atoms with van der Waals surface area (Å²) < 4.78 is 0. The first-order chi connectivity index (χ1) is 6.40. The lowest BCUT2D eigenvalue weighted by Gasteiger charge is -1.95. The van der Waals surface area contributed by atoms with E-state index in [9.17, 15) is 0 Å². The second kappa shape index (κ2) is 3.13. The zero-order chi connectivity index (χ0) is 9.10. The van der Waals surface area contributed by atoms with E-state index in [1.54, 1.807) is 6.07 Å². The molecule has 0 saturated carbocycles. The number of hydrogen-bond acceptors (Lipinski definition) is 2. The van der Waals surface area contributed by atoms with Crippen LogP contribution in [0.3, 0.4) is 0 Å². The number of rotatable bonds is 1. The average molecular weight is 170 g/mol. The molecule has 0 aliphatic heterocycles. The molecule has 0 spiro atoms. The molecular formula is C9H6N4. The van der Waals surface area contributed by atoms with Crippen molar-refractivity contribution < 1.29 is 0 Å². The molecular weight excluding hydrogens is 164 g/mol. The first-order valence-electron chi connectivity index (χ1n) is 3.81. The average Bonchev–Trinajstić information content (AvgIpc) is 2.18. The van der Waals surface area contributed by atoms with Gasteiger partial charge in [-0.05, 0) is 22.8 Å². The number of aromatic nitrogens is 1. The van der Waals surface area contributed by atoms with Crippen LogP contribution in [0.15, 0.2) is 41.5 Å². The Morgan fingerprint density at radius 3 is 2.85 bits per heavy atom. The van der Waals surface area contributed by atoms with Crippen molar-refractivity contribution in [2.45, 2.75) is 0 Å². The van der Waals surface area contributed by atoms with Crippen LogP contribution in [0.5, 0.6) is 0 Å². The van der Waals surface area contributed by atoms with E-state index in [0.29, 0.717) is 5.82 Å². The summed E-state index contributed by atoms with van der Waals surface area (Å²) in [7, 11) is 0. The van der Waals surface area contributed by atoms with Crippen molar-refractivity contribution in [3.8, 4) is 0 Å². The summed E-state index contributed by atoms with van der Waals surface area (Å²) >= 11 is 0. The minimum atomic E-state index is 0.404. The lowest BCUT2D eigenvalue weighted by atomic mass is 10.2. The zero-order valence-electron chi connectivity index (χ0n) is 6.75. The quantitative estimate of drug-likeness (QED) is 0.368. The van der Waals surface area contributed by atoms with Crippen molar-refractivity contribution in [1.82, 2.24) is 4.98 Å². The Kier molecular flexibility index (Phi) is 1.82. The van der Waals surface area contributed by atoms with Crippen molar-refractivity contribution in [1.29, 1.82) is 0 Å². The molecule has 0 aliphatic carbocycles. The molecule has 62 valence electrons. The Balaban J connectivity index is 2.68. The highest BCUT2D eigenvalue weighted by atomic mass is 15.2. The fourth-order valence-electron chi connectivity index (χ4n) is 1.16. The van der Waals surface area contributed by atoms with Gasteiger partial charge in [0.2, 0.25) is 0 Å². The van der Waals surface area contributed by atoms with E-state index >= 15 is 0 Å². The van der Waals surface area contributed by atoms with Gasteiger partial charge in [-0.15, -0.1) is 0 Å². The Bertz CT molecular complexity index is 486. The molecule has 0 atom stereocenters. The van der Waals surface area contributed by atoms with Crippen LogP contribution < -0.4 is 0 Å². The third-order valence-electron chi connectivity index (χ3n) is 1.73. The topological polar surface area (TPSA) is 61.7 Å². The summed E-state index contributed by atoms with van der Waals surface area (Å²) in [6.45, 7) is 0. The third-order valence-corrected chi connectivity index (χ3v) is 1.73. The van der Waals surface area contributed by atoms with Gasteiger partial charge in [-0.2, -0.15) is 0 Å². The monoisotopic (exact) mass is 170 g/mol. The fraction of sp³-hybridized carbons (Fsp3) is 0. The highest BCUT2D eigenvalue weighted by Crippen LogP contribution is 2.16. The second-order valence-electron chi connectivity index (χ2n) is 2.55. The fourth-order valence-corrected chi connectivity index (χ4v) is 1.16. The molecule has 4 heteroatoms. The van der Waals surface area contributed by atoms with Crippen LogP contribution >= 0.6 is 0 Å². The number of fused-ring (bicyclic) bond motifs is 1. The maximum absolute atomic E-state index is 8.21. The van der Waals surface area contributed by atoms with Gasteiger partial charge in [0.05, 0.1) is 5.52 Å². The molecule has 13 heavy (non-hydrogen) atoms. The molecule has 1 aromatic carbocycles. The number of nitrogens with zero attached hydrogens (tertiary/aromatic N) is 4. The summed E-state index contributed by atoms with van der Waals surface area (Å²) in [5.41, 5.74) is 9.05. The summed E-state index contributed by atoms with van der Waals surface area (Å²) in [5.74, 6) is 0.404. The maximum Gasteiger partial charge on any atom is 0.127 e. The van der Waals surface area contributed by atoms with Gasteiger partial charge < -0.3 is 0 Å². The van der Waals surface area contributed by atoms with Crippen molar-refractivity contribution in [2.24, 2.45) is 5.11 Å². The smallest absolute Gasteiger partial charge is 0.127 e. The van der Waals surface area contributed by atoms with Gasteiger partial charge in [-0.3, -0.25) is 0 Å². The number of azide groups is 1. The van der Waals surface area contributed by atoms with Gasteiger partial charge in [0.15, 0.2) is 0 Å². The normalized spacial score (nSPS) is 9.54. The van der Waals surface area contributed by atoms with Crippen molar-refractivity contribution in [2.75, 3.05) is 0 Å². The summed E-state index contributed by atoms with van der Waals surface area (Å²) in [5, 5.41) is 4.47. The van der Waals surface area contributed by atoms with E-state index in [0.717, 1.165) is 10.9 Å². The highest BCUT2D eigenvalue weighted by Gasteiger charge is 1.93. The van der Waals surface area contributed by atoms with Gasteiger partial charge in [0.1, 0.15) is 5.82 Å². The maximum atomic E-state index is 8.21. The molecule has 2 aromatic rings. The lowest BCUT2D eigenvalue weighted by Crippen LogP contribution is -1.76. The predicted molar refractivity (Wildman–Crippen MR) is 50.5 cm³/mol. The predicted octanol–water partition coefficient (Wildman–Crippen LogP) is 3.18. The molecule has 0 fully saturated rings. The summed E-state index contributed by atoms with van der Waals surface area (Å²) in [6, 6.07) is 11.3. The molecule has 0 unspecified atom stereocenters. The lowest BCUT2D eigenvalue weighted by molar-refractivity contribution is 1.31. The van der Waals surface area contributed by atoms with Gasteiger partial charge in [-0.1, -0.05) is 24.3 Å². The number of benzene rings is 1. The standard InChI is InChI=1S/C9H6N4/c10-13-12-9-6-5-7-3-1-2-4-8(7)11-9/h1-6H. The van der Waals surface area contributed by atoms with E-state index in [1.807, 2.05) is 30.3 Å². The SMILES string of the molecule is [N-]=[N+]=Nc1ccc2ccccc2n1. The molecule has 0 bridgehead atoms. The second-order valence-corrected chi connectivity index (χ2v) is 2.55. The molecule has 0 aliphatic rings. The van der Waals surface area contributed by atoms with Crippen molar-refractivity contribution >= 4 is 16.7 Å². The Hall–Kier alpha value is -2.06. The molecule has 4 nitrogen and oxygen atoms in total. The number of para-hydroxylation sites is 1. The minimum absolute atomic E-state index is 0.404. The highest BCUT2D eigenvalue weighted by molar-refractivity contribution is 5.79. The minimum Gasteiger partial charge on any atom is -0.246 e.